The first kappa shape index (κ1) is 78.4. The van der Waals surface area contributed by atoms with Gasteiger partial charge in [0.1, 0.15) is 36.2 Å². The van der Waals surface area contributed by atoms with Gasteiger partial charge in [-0.2, -0.15) is 0 Å². The molecule has 7 rings (SSSR count). The normalized spacial score (nSPS) is 31.5. The average Bonchev–Trinajstić information content (AvgIpc) is 0.775. The average molecular weight is 1370 g/mol. The van der Waals surface area contributed by atoms with E-state index in [1.807, 2.05) is 67.9 Å². The van der Waals surface area contributed by atoms with E-state index in [1.165, 1.54) is 24.4 Å². The van der Waals surface area contributed by atoms with Crippen molar-refractivity contribution in [2.24, 2.45) is 35.5 Å². The number of nitrogens with one attached hydrogen (secondary N) is 2. The molecule has 2 aromatic heterocycles. The van der Waals surface area contributed by atoms with Crippen LogP contribution in [0.15, 0.2) is 72.4 Å². The van der Waals surface area contributed by atoms with Gasteiger partial charge >= 0.3 is 12.1 Å². The first-order valence-electron chi connectivity index (χ1n) is 35.0. The largest absolute Gasteiger partial charge is 0.460 e. The zero-order valence-electron chi connectivity index (χ0n) is 59.3. The summed E-state index contributed by atoms with van der Waals surface area (Å²) in [6, 6.07) is -1.21. The number of aliphatic hydroxyl groups is 2. The topological polar surface area (TPSA) is 319 Å². The van der Waals surface area contributed by atoms with Crippen molar-refractivity contribution >= 4 is 53.1 Å². The molecule has 3 saturated heterocycles. The first-order chi connectivity index (χ1) is 47.0. The molecule has 26 heteroatoms. The number of ether oxygens (including phenoxy) is 8. The number of ketones is 3. The number of allylic oxidation sites excluding steroid dienone is 6. The van der Waals surface area contributed by atoms with Crippen molar-refractivity contribution in [3.63, 3.8) is 0 Å². The number of amides is 3. The fourth-order valence-corrected chi connectivity index (χ4v) is 13.6. The van der Waals surface area contributed by atoms with Crippen molar-refractivity contribution < 1.29 is 81.7 Å². The highest BCUT2D eigenvalue weighted by atomic mass is 16.6. The predicted molar refractivity (Wildman–Crippen MR) is 364 cm³/mol. The van der Waals surface area contributed by atoms with Crippen LogP contribution in [-0.2, 0) is 68.4 Å². The lowest BCUT2D eigenvalue weighted by Crippen LogP contribution is -2.61. The Morgan fingerprint density at radius 3 is 2.10 bits per heavy atom. The molecule has 4 N–H and O–H groups in total. The summed E-state index contributed by atoms with van der Waals surface area (Å²) in [6.45, 7) is 19.3. The Kier molecular flexibility index (Phi) is 30.9. The third-order valence-electron chi connectivity index (χ3n) is 19.7. The van der Waals surface area contributed by atoms with Crippen LogP contribution in [0.2, 0.25) is 0 Å². The number of methoxy groups -OCH3 is 3. The van der Waals surface area contributed by atoms with Crippen LogP contribution in [0.25, 0.3) is 0 Å². The van der Waals surface area contributed by atoms with Crippen LogP contribution in [0, 0.1) is 35.5 Å². The number of aliphatic hydroxyl groups excluding tert-OH is 1. The minimum absolute atomic E-state index is 0.0159. The molecule has 5 aliphatic rings. The Morgan fingerprint density at radius 1 is 0.755 bits per heavy atom. The van der Waals surface area contributed by atoms with Crippen LogP contribution in [0.4, 0.5) is 16.7 Å². The van der Waals surface area contributed by atoms with Crippen LogP contribution >= 0.6 is 0 Å². The van der Waals surface area contributed by atoms with Gasteiger partial charge in [0.2, 0.25) is 17.7 Å². The van der Waals surface area contributed by atoms with Crippen molar-refractivity contribution in [2.45, 2.75) is 194 Å². The molecule has 2 aromatic rings. The summed E-state index contributed by atoms with van der Waals surface area (Å²) in [6.07, 6.45) is 15.6. The van der Waals surface area contributed by atoms with Crippen LogP contribution in [0.5, 0.6) is 0 Å². The van der Waals surface area contributed by atoms with E-state index in [2.05, 4.69) is 30.6 Å². The molecule has 26 nitrogen and oxygen atoms in total. The van der Waals surface area contributed by atoms with Crippen LogP contribution in [-0.4, -0.2) is 218 Å². The van der Waals surface area contributed by atoms with Gasteiger partial charge in [0.15, 0.2) is 5.78 Å². The molecule has 15 atom stereocenters. The third kappa shape index (κ3) is 22.0. The van der Waals surface area contributed by atoms with Crippen molar-refractivity contribution in [3.8, 4) is 0 Å². The van der Waals surface area contributed by atoms with Gasteiger partial charge < -0.3 is 73.4 Å². The number of piperazine rings is 1. The number of cyclic esters (lactones) is 1. The lowest BCUT2D eigenvalue weighted by molar-refractivity contribution is -0.265. The number of alkyl carbamates (subject to hydrolysis) is 1. The lowest BCUT2D eigenvalue weighted by atomic mass is 9.78. The highest BCUT2D eigenvalue weighted by Crippen LogP contribution is 2.38. The fraction of sp³-hybridized carbons (Fsp3) is 0.681. The van der Waals surface area contributed by atoms with E-state index in [1.54, 1.807) is 60.4 Å². The molecule has 98 heavy (non-hydrogen) atoms. The summed E-state index contributed by atoms with van der Waals surface area (Å²) in [4.78, 5) is 121. The van der Waals surface area contributed by atoms with Crippen molar-refractivity contribution in [1.29, 1.82) is 0 Å². The number of carbonyl (C=O) groups is 7. The molecule has 1 saturated carbocycles. The van der Waals surface area contributed by atoms with Gasteiger partial charge in [-0.15, -0.1) is 0 Å². The minimum Gasteiger partial charge on any atom is -0.460 e. The molecule has 3 amide bonds. The summed E-state index contributed by atoms with van der Waals surface area (Å²) < 4.78 is 46.7. The minimum atomic E-state index is -2.48. The van der Waals surface area contributed by atoms with Crippen molar-refractivity contribution in [1.82, 2.24) is 35.5 Å². The van der Waals surface area contributed by atoms with E-state index in [-0.39, 0.29) is 61.7 Å². The monoisotopic (exact) mass is 1370 g/mol. The smallest absolute Gasteiger partial charge is 0.407 e. The van der Waals surface area contributed by atoms with Gasteiger partial charge in [-0.3, -0.25) is 24.0 Å². The van der Waals surface area contributed by atoms with E-state index in [4.69, 9.17) is 37.9 Å². The number of aromatic nitrogens is 4. The maximum atomic E-state index is 14.8. The molecule has 542 valence electrons. The molecule has 6 heterocycles. The van der Waals surface area contributed by atoms with Crippen LogP contribution in [0.1, 0.15) is 148 Å². The zero-order chi connectivity index (χ0) is 71.1. The second-order valence-corrected chi connectivity index (χ2v) is 27.0. The second-order valence-electron chi connectivity index (χ2n) is 27.0. The van der Waals surface area contributed by atoms with E-state index in [9.17, 15) is 43.8 Å². The Hall–Kier alpha value is -6.91. The van der Waals surface area contributed by atoms with Gasteiger partial charge in [0.25, 0.3) is 17.6 Å². The number of rotatable bonds is 19. The number of esters is 1. The molecule has 0 aromatic carbocycles. The third-order valence-corrected chi connectivity index (χ3v) is 19.7. The summed E-state index contributed by atoms with van der Waals surface area (Å²) >= 11 is 0. The Labute approximate surface area is 577 Å². The molecule has 0 unspecified atom stereocenters. The summed E-state index contributed by atoms with van der Waals surface area (Å²) in [5.74, 6) is -7.90. The quantitative estimate of drug-likeness (QED) is 0.0486. The maximum Gasteiger partial charge on any atom is 0.407 e. The van der Waals surface area contributed by atoms with Gasteiger partial charge in [-0.25, -0.2) is 29.5 Å². The molecule has 2 bridgehead atoms. The number of carbonyl (C=O) groups excluding carboxylic acids is 7. The molecule has 4 aliphatic heterocycles. The summed E-state index contributed by atoms with van der Waals surface area (Å²) in [5, 5.41) is 29.4. The fourth-order valence-electron chi connectivity index (χ4n) is 13.6. The van der Waals surface area contributed by atoms with E-state index in [0.717, 1.165) is 5.57 Å². The predicted octanol–water partition coefficient (Wildman–Crippen LogP) is 6.80. The number of hydrogen-bond acceptors (Lipinski definition) is 23. The van der Waals surface area contributed by atoms with Gasteiger partial charge in [0.05, 0.1) is 43.7 Å². The number of Topliss-reactive ketones (excluding diaryl/α,β-unsaturated/α-hetero) is 3. The Balaban J connectivity index is 0.978. The number of anilines is 2. The van der Waals surface area contributed by atoms with Gasteiger partial charge in [0, 0.05) is 135 Å². The zero-order valence-corrected chi connectivity index (χ0v) is 59.3. The Bertz CT molecular complexity index is 3070. The van der Waals surface area contributed by atoms with Crippen molar-refractivity contribution in [2.75, 3.05) is 96.8 Å². The molecule has 0 spiro atoms. The number of piperidine rings is 1. The number of fused-ring (bicyclic) bond motifs is 3. The number of nitrogens with zero attached hydrogens (tertiary/aromatic N) is 7. The molecular weight excluding hydrogens is 1260 g/mol. The van der Waals surface area contributed by atoms with Crippen LogP contribution in [0.3, 0.4) is 0 Å². The first-order valence-corrected chi connectivity index (χ1v) is 35.0. The molecule has 4 fully saturated rings. The second kappa shape index (κ2) is 38.6. The van der Waals surface area contributed by atoms with E-state index < -0.39 is 102 Å². The molecule has 0 radical (unpaired) electrons. The van der Waals surface area contributed by atoms with Gasteiger partial charge in [-0.05, 0) is 114 Å². The maximum absolute atomic E-state index is 14.8. The lowest BCUT2D eigenvalue weighted by Gasteiger charge is -2.42. The number of hydrogen-bond donors (Lipinski definition) is 4. The SMILES string of the molecule is CCOCCOCCNC(=O)c1cnc(N2CCN(c3ncc(CNC(=O)O[C@@H]4CC[C@@H](C[C@@H](C)[C@@H]5CC(=O)[C@H](C)/C=C(\C)[C@@H](O)[C@@H](OC)C(=O)[C@H](C)C[C@H](C)/C=C/C=C/C=C(\C)[C@@H](OC)C[C@@H]6CC[C@@H](C)[C@@](O)(O6)C(=O)C(=O)N6CCCC[C@H]6C(=O)O5)C[C@H]4OC)cn3)CC2)nc1. The van der Waals surface area contributed by atoms with E-state index >= 15 is 0 Å². The summed E-state index contributed by atoms with van der Waals surface area (Å²) in [5.41, 5.74) is 2.22. The van der Waals surface area contributed by atoms with Crippen LogP contribution < -0.4 is 20.4 Å². The highest BCUT2D eigenvalue weighted by molar-refractivity contribution is 6.39. The van der Waals surface area contributed by atoms with Crippen molar-refractivity contribution in [3.05, 3.63) is 83.5 Å². The molecule has 1 aliphatic carbocycles. The molecular formula is C72H107N9O17. The van der Waals surface area contributed by atoms with E-state index in [0.29, 0.717) is 146 Å². The summed E-state index contributed by atoms with van der Waals surface area (Å²) in [7, 11) is 4.49. The Morgan fingerprint density at radius 2 is 1.44 bits per heavy atom. The van der Waals surface area contributed by atoms with Gasteiger partial charge in [-0.1, -0.05) is 71.1 Å². The standard InChI is InChI=1S/C72H107N9O17/c1-12-94-32-33-95-31-25-73-66(86)54-43-76-70(77-44-54)80-29-27-79(28-30-80)69-74-40-53(41-75-69)42-78-71(89)97-58-24-22-52(37-61(58)92-10)36-48(5)60-39-57(82)47(4)35-50(7)63(84)64(93-11)62(83)49(6)34-45(2)18-14-13-15-19-46(3)59(91-9)38-55-23-21-51(8)72(90,98-55)65(85)67(87)81-26-17-16-20-56(81)68(88)96-60/h13-15,18-19,35,40-41,43-45,47-49,51-52,55-56,58-61,63-64,84,90H,12,16-17,20-34,36-39,42H2,1-11H3,(H,73,86)(H,78,89)/b15-13+,18-14+,46-19+,50-35+/t45-,47-,48-,49-,51-,52+,55+,56+,58-,59+,60+,61-,63-,64+,72-/m1/s1. The highest BCUT2D eigenvalue weighted by Gasteiger charge is 2.53.